The summed E-state index contributed by atoms with van der Waals surface area (Å²) in [5, 5.41) is 8.35. The number of nitrogens with one attached hydrogen (secondary N) is 2. The van der Waals surface area contributed by atoms with Crippen LogP contribution < -0.4 is 10.0 Å². The summed E-state index contributed by atoms with van der Waals surface area (Å²) in [5.41, 5.74) is 0.545. The van der Waals surface area contributed by atoms with Crippen LogP contribution in [0.4, 0.5) is 0 Å². The van der Waals surface area contributed by atoms with Crippen molar-refractivity contribution in [2.24, 2.45) is 0 Å². The van der Waals surface area contributed by atoms with Crippen molar-refractivity contribution in [3.8, 4) is 0 Å². The molecule has 98 valence electrons. The molecule has 0 amide bonds. The van der Waals surface area contributed by atoms with Gasteiger partial charge in [0.25, 0.3) is 0 Å². The van der Waals surface area contributed by atoms with E-state index in [9.17, 15) is 8.42 Å². The molecule has 0 saturated carbocycles. The maximum Gasteiger partial charge on any atom is 0.242 e. The minimum atomic E-state index is -3.51. The molecule has 0 spiro atoms. The van der Waals surface area contributed by atoms with Crippen molar-refractivity contribution in [2.45, 2.75) is 18.0 Å². The Bertz CT molecular complexity index is 590. The Hall–Kier alpha value is -1.22. The van der Waals surface area contributed by atoms with E-state index in [1.165, 1.54) is 17.6 Å². The fourth-order valence-electron chi connectivity index (χ4n) is 1.43. The molecule has 2 N–H and O–H groups in total. The Morgan fingerprint density at radius 1 is 1.39 bits per heavy atom. The average molecular weight is 287 g/mol. The van der Waals surface area contributed by atoms with E-state index in [4.69, 9.17) is 0 Å². The predicted octanol–water partition coefficient (Wildman–Crippen LogP) is 0.934. The highest BCUT2D eigenvalue weighted by Gasteiger charge is 2.19. The second-order valence-corrected chi connectivity index (χ2v) is 6.29. The SMILES string of the molecule is CNCc1sccc1S(=O)(=O)NCc1ccon1. The van der Waals surface area contributed by atoms with Crippen molar-refractivity contribution in [3.05, 3.63) is 34.3 Å². The lowest BCUT2D eigenvalue weighted by Gasteiger charge is -2.06. The summed E-state index contributed by atoms with van der Waals surface area (Å²) in [4.78, 5) is 1.09. The molecule has 2 rings (SSSR count). The van der Waals surface area contributed by atoms with Crippen LogP contribution in [0.2, 0.25) is 0 Å². The molecule has 18 heavy (non-hydrogen) atoms. The van der Waals surface area contributed by atoms with Crippen LogP contribution in [0.1, 0.15) is 10.6 Å². The van der Waals surface area contributed by atoms with Crippen LogP contribution >= 0.6 is 11.3 Å². The van der Waals surface area contributed by atoms with Crippen LogP contribution in [0.5, 0.6) is 0 Å². The Morgan fingerprint density at radius 3 is 2.89 bits per heavy atom. The molecule has 2 aromatic rings. The summed E-state index contributed by atoms with van der Waals surface area (Å²) >= 11 is 1.41. The van der Waals surface area contributed by atoms with Crippen molar-refractivity contribution in [3.63, 3.8) is 0 Å². The van der Waals surface area contributed by atoms with Gasteiger partial charge in [0, 0.05) is 17.5 Å². The van der Waals surface area contributed by atoms with E-state index in [1.54, 1.807) is 24.6 Å². The largest absolute Gasteiger partial charge is 0.364 e. The lowest BCUT2D eigenvalue weighted by molar-refractivity contribution is 0.411. The third-order valence-electron chi connectivity index (χ3n) is 2.27. The van der Waals surface area contributed by atoms with Crippen LogP contribution in [-0.2, 0) is 23.1 Å². The summed E-state index contributed by atoms with van der Waals surface area (Å²) in [6, 6.07) is 3.22. The van der Waals surface area contributed by atoms with Crippen LogP contribution in [0, 0.1) is 0 Å². The number of hydrogen-bond donors (Lipinski definition) is 2. The monoisotopic (exact) mass is 287 g/mol. The zero-order valence-corrected chi connectivity index (χ0v) is 11.3. The van der Waals surface area contributed by atoms with Gasteiger partial charge in [-0.05, 0) is 18.5 Å². The predicted molar refractivity (Wildman–Crippen MR) is 67.6 cm³/mol. The number of aromatic nitrogens is 1. The van der Waals surface area contributed by atoms with Crippen molar-refractivity contribution in [1.29, 1.82) is 0 Å². The van der Waals surface area contributed by atoms with Gasteiger partial charge in [0.15, 0.2) is 0 Å². The van der Waals surface area contributed by atoms with Crippen molar-refractivity contribution < 1.29 is 12.9 Å². The van der Waals surface area contributed by atoms with Gasteiger partial charge in [-0.2, -0.15) is 0 Å². The van der Waals surface area contributed by atoms with E-state index >= 15 is 0 Å². The molecule has 0 saturated heterocycles. The van der Waals surface area contributed by atoms with Crippen LogP contribution in [0.3, 0.4) is 0 Å². The van der Waals surface area contributed by atoms with Gasteiger partial charge in [-0.1, -0.05) is 5.16 Å². The van der Waals surface area contributed by atoms with Crippen LogP contribution in [-0.4, -0.2) is 20.6 Å². The van der Waals surface area contributed by atoms with Gasteiger partial charge < -0.3 is 9.84 Å². The average Bonchev–Trinajstić information content (AvgIpc) is 2.97. The topological polar surface area (TPSA) is 84.2 Å². The molecule has 2 heterocycles. The third-order valence-corrected chi connectivity index (χ3v) is 4.80. The van der Waals surface area contributed by atoms with Crippen LogP contribution in [0.25, 0.3) is 0 Å². The highest BCUT2D eigenvalue weighted by atomic mass is 32.2. The molecule has 0 radical (unpaired) electrons. The number of nitrogens with zero attached hydrogens (tertiary/aromatic N) is 1. The Morgan fingerprint density at radius 2 is 2.22 bits per heavy atom. The maximum atomic E-state index is 12.1. The summed E-state index contributed by atoms with van der Waals surface area (Å²) < 4.78 is 31.3. The van der Waals surface area contributed by atoms with Gasteiger partial charge in [-0.15, -0.1) is 11.3 Å². The molecular formula is C10H13N3O3S2. The van der Waals surface area contributed by atoms with E-state index in [0.717, 1.165) is 4.88 Å². The highest BCUT2D eigenvalue weighted by Crippen LogP contribution is 2.21. The third kappa shape index (κ3) is 2.96. The Kier molecular flexibility index (Phi) is 4.12. The molecule has 2 aromatic heterocycles. The lowest BCUT2D eigenvalue weighted by Crippen LogP contribution is -2.24. The normalized spacial score (nSPS) is 11.8. The zero-order valence-electron chi connectivity index (χ0n) is 9.71. The molecule has 8 heteroatoms. The molecule has 0 atom stereocenters. The summed E-state index contributed by atoms with van der Waals surface area (Å²) in [6.45, 7) is 0.644. The maximum absolute atomic E-state index is 12.1. The first-order chi connectivity index (χ1) is 8.63. The molecule has 6 nitrogen and oxygen atoms in total. The van der Waals surface area contributed by atoms with Gasteiger partial charge in [0.05, 0.1) is 17.1 Å². The molecule has 0 aliphatic rings. The number of sulfonamides is 1. The number of rotatable bonds is 6. The van der Waals surface area contributed by atoms with E-state index < -0.39 is 10.0 Å². The van der Waals surface area contributed by atoms with Gasteiger partial charge >= 0.3 is 0 Å². The van der Waals surface area contributed by atoms with Crippen molar-refractivity contribution in [1.82, 2.24) is 15.2 Å². The summed E-state index contributed by atoms with van der Waals surface area (Å²) in [5.74, 6) is 0. The molecular weight excluding hydrogens is 274 g/mol. The van der Waals surface area contributed by atoms with Crippen molar-refractivity contribution in [2.75, 3.05) is 7.05 Å². The van der Waals surface area contributed by atoms with E-state index in [0.29, 0.717) is 17.1 Å². The Balaban J connectivity index is 2.12. The zero-order chi connectivity index (χ0) is 13.0. The van der Waals surface area contributed by atoms with E-state index in [2.05, 4.69) is 19.7 Å². The van der Waals surface area contributed by atoms with E-state index in [-0.39, 0.29) is 6.54 Å². The first-order valence-corrected chi connectivity index (χ1v) is 7.59. The van der Waals surface area contributed by atoms with Crippen LogP contribution in [0.15, 0.2) is 33.2 Å². The molecule has 0 unspecified atom stereocenters. The van der Waals surface area contributed by atoms with Gasteiger partial charge in [-0.3, -0.25) is 0 Å². The smallest absolute Gasteiger partial charge is 0.242 e. The number of thiophene rings is 1. The molecule has 0 aliphatic carbocycles. The number of hydrogen-bond acceptors (Lipinski definition) is 6. The summed E-state index contributed by atoms with van der Waals surface area (Å²) in [6.07, 6.45) is 1.40. The molecule has 0 fully saturated rings. The Labute approximate surface area is 109 Å². The van der Waals surface area contributed by atoms with Gasteiger partial charge in [0.2, 0.25) is 10.0 Å². The quantitative estimate of drug-likeness (QED) is 0.826. The molecule has 0 aliphatic heterocycles. The second kappa shape index (κ2) is 5.61. The van der Waals surface area contributed by atoms with Gasteiger partial charge in [0.1, 0.15) is 6.26 Å². The molecule has 0 bridgehead atoms. The fraction of sp³-hybridized carbons (Fsp3) is 0.300. The summed E-state index contributed by atoms with van der Waals surface area (Å²) in [7, 11) is -1.73. The lowest BCUT2D eigenvalue weighted by atomic mass is 10.4. The highest BCUT2D eigenvalue weighted by molar-refractivity contribution is 7.89. The van der Waals surface area contributed by atoms with Gasteiger partial charge in [-0.25, -0.2) is 13.1 Å². The second-order valence-electron chi connectivity index (χ2n) is 3.55. The first-order valence-electron chi connectivity index (χ1n) is 5.23. The fourth-order valence-corrected chi connectivity index (χ4v) is 3.89. The first kappa shape index (κ1) is 13.2. The minimum absolute atomic E-state index is 0.119. The minimum Gasteiger partial charge on any atom is -0.364 e. The molecule has 0 aromatic carbocycles. The standard InChI is InChI=1S/C10H13N3O3S2/c1-11-7-9-10(3-5-17-9)18(14,15)12-6-8-2-4-16-13-8/h2-5,11-12H,6-7H2,1H3. The van der Waals surface area contributed by atoms with Crippen molar-refractivity contribution >= 4 is 21.4 Å². The van der Waals surface area contributed by atoms with E-state index in [1.807, 2.05) is 0 Å².